The number of fused-ring (bicyclic) bond motifs is 1. The van der Waals surface area contributed by atoms with Crippen molar-refractivity contribution in [1.82, 2.24) is 24.6 Å². The molecule has 168 valence electrons. The van der Waals surface area contributed by atoms with E-state index in [4.69, 9.17) is 25.2 Å². The van der Waals surface area contributed by atoms with Crippen LogP contribution in [0.4, 0.5) is 11.8 Å². The summed E-state index contributed by atoms with van der Waals surface area (Å²) in [6, 6.07) is 7.71. The second-order valence-electron chi connectivity index (χ2n) is 8.13. The van der Waals surface area contributed by atoms with Gasteiger partial charge in [-0.05, 0) is 25.0 Å². The lowest BCUT2D eigenvalue weighted by atomic mass is 10.1. The SMILES string of the molecule is COc1cccc(-c2nc(N3CCN(C(=O)[C@H]4CCCO4)CC3)nc3nn(C)c(N)c23)c1. The summed E-state index contributed by atoms with van der Waals surface area (Å²) in [4.78, 5) is 26.2. The average Bonchev–Trinajstić information content (AvgIpc) is 3.47. The Kier molecular flexibility index (Phi) is 5.30. The maximum Gasteiger partial charge on any atom is 0.251 e. The number of nitrogen functional groups attached to an aromatic ring is 1. The zero-order valence-electron chi connectivity index (χ0n) is 18.3. The summed E-state index contributed by atoms with van der Waals surface area (Å²) in [6.45, 7) is 3.18. The number of carbonyl (C=O) groups is 1. The highest BCUT2D eigenvalue weighted by Crippen LogP contribution is 2.33. The van der Waals surface area contributed by atoms with Gasteiger partial charge >= 0.3 is 0 Å². The zero-order valence-corrected chi connectivity index (χ0v) is 18.3. The lowest BCUT2D eigenvalue weighted by Crippen LogP contribution is -2.51. The standard InChI is InChI=1S/C22H27N7O3/c1-27-19(23)17-18(14-5-3-6-15(13-14)31-2)24-22(25-20(17)26-27)29-10-8-28(9-11-29)21(30)16-7-4-12-32-16/h3,5-6,13,16H,4,7-12,23H2,1-2H3/t16-/m1/s1. The molecule has 0 bridgehead atoms. The summed E-state index contributed by atoms with van der Waals surface area (Å²) in [5.74, 6) is 1.92. The van der Waals surface area contributed by atoms with E-state index in [0.29, 0.717) is 55.9 Å². The predicted octanol–water partition coefficient (Wildman–Crippen LogP) is 1.45. The molecule has 3 aromatic rings. The Bertz CT molecular complexity index is 1150. The van der Waals surface area contributed by atoms with E-state index < -0.39 is 0 Å². The van der Waals surface area contributed by atoms with Crippen molar-refractivity contribution in [3.63, 3.8) is 0 Å². The number of piperazine rings is 1. The van der Waals surface area contributed by atoms with E-state index in [9.17, 15) is 4.79 Å². The Morgan fingerprint density at radius 2 is 2.03 bits per heavy atom. The van der Waals surface area contributed by atoms with E-state index in [2.05, 4.69) is 10.00 Å². The van der Waals surface area contributed by atoms with E-state index in [1.807, 2.05) is 29.2 Å². The van der Waals surface area contributed by atoms with Crippen LogP contribution >= 0.6 is 0 Å². The summed E-state index contributed by atoms with van der Waals surface area (Å²) in [6.07, 6.45) is 1.47. The highest BCUT2D eigenvalue weighted by atomic mass is 16.5. The van der Waals surface area contributed by atoms with Gasteiger partial charge in [0.2, 0.25) is 5.95 Å². The van der Waals surface area contributed by atoms with Gasteiger partial charge in [-0.2, -0.15) is 10.1 Å². The first-order chi connectivity index (χ1) is 15.5. The van der Waals surface area contributed by atoms with Crippen molar-refractivity contribution in [2.45, 2.75) is 18.9 Å². The number of amides is 1. The number of aryl methyl sites for hydroxylation is 1. The molecule has 2 aliphatic rings. The number of methoxy groups -OCH3 is 1. The Morgan fingerprint density at radius 3 is 2.75 bits per heavy atom. The number of hydrogen-bond acceptors (Lipinski definition) is 8. The van der Waals surface area contributed by atoms with Crippen LogP contribution in [0.2, 0.25) is 0 Å². The second-order valence-corrected chi connectivity index (χ2v) is 8.13. The summed E-state index contributed by atoms with van der Waals surface area (Å²) in [5, 5.41) is 5.21. The lowest BCUT2D eigenvalue weighted by molar-refractivity contribution is -0.141. The maximum atomic E-state index is 12.7. The molecule has 0 spiro atoms. The van der Waals surface area contributed by atoms with Crippen molar-refractivity contribution in [3.8, 4) is 17.0 Å². The molecule has 2 aromatic heterocycles. The van der Waals surface area contributed by atoms with E-state index >= 15 is 0 Å². The minimum Gasteiger partial charge on any atom is -0.497 e. The quantitative estimate of drug-likeness (QED) is 0.653. The molecule has 0 saturated carbocycles. The van der Waals surface area contributed by atoms with Crippen LogP contribution in [0.5, 0.6) is 5.75 Å². The summed E-state index contributed by atoms with van der Waals surface area (Å²) in [7, 11) is 3.43. The topological polar surface area (TPSA) is 112 Å². The predicted molar refractivity (Wildman–Crippen MR) is 120 cm³/mol. The van der Waals surface area contributed by atoms with Crippen molar-refractivity contribution in [2.75, 3.05) is 50.5 Å². The molecule has 0 radical (unpaired) electrons. The fraction of sp³-hybridized carbons (Fsp3) is 0.455. The van der Waals surface area contributed by atoms with Crippen LogP contribution in [0.15, 0.2) is 24.3 Å². The highest BCUT2D eigenvalue weighted by Gasteiger charge is 2.31. The second kappa shape index (κ2) is 8.27. The normalized spacial score (nSPS) is 19.0. The van der Waals surface area contributed by atoms with E-state index in [1.54, 1.807) is 18.8 Å². The third-order valence-electron chi connectivity index (χ3n) is 6.15. The molecule has 5 rings (SSSR count). The Balaban J connectivity index is 1.45. The smallest absolute Gasteiger partial charge is 0.251 e. The molecule has 4 heterocycles. The largest absolute Gasteiger partial charge is 0.497 e. The number of hydrogen-bond donors (Lipinski definition) is 1. The number of aromatic nitrogens is 4. The molecular formula is C22H27N7O3. The van der Waals surface area contributed by atoms with Crippen molar-refractivity contribution >= 4 is 28.7 Å². The minimum atomic E-state index is -0.287. The van der Waals surface area contributed by atoms with Gasteiger partial charge in [0.1, 0.15) is 17.7 Å². The van der Waals surface area contributed by atoms with Gasteiger partial charge in [0.25, 0.3) is 5.91 Å². The summed E-state index contributed by atoms with van der Waals surface area (Å²) >= 11 is 0. The van der Waals surface area contributed by atoms with Gasteiger partial charge in [0.05, 0.1) is 18.2 Å². The molecule has 0 unspecified atom stereocenters. The molecule has 1 amide bonds. The van der Waals surface area contributed by atoms with E-state index in [0.717, 1.165) is 29.5 Å². The summed E-state index contributed by atoms with van der Waals surface area (Å²) < 4.78 is 12.6. The molecular weight excluding hydrogens is 410 g/mol. The molecule has 0 aliphatic carbocycles. The monoisotopic (exact) mass is 437 g/mol. The van der Waals surface area contributed by atoms with Crippen LogP contribution in [0.25, 0.3) is 22.3 Å². The highest BCUT2D eigenvalue weighted by molar-refractivity contribution is 5.99. The fourth-order valence-electron chi connectivity index (χ4n) is 4.33. The minimum absolute atomic E-state index is 0.0908. The third kappa shape index (κ3) is 3.60. The van der Waals surface area contributed by atoms with Crippen LogP contribution in [-0.2, 0) is 16.6 Å². The van der Waals surface area contributed by atoms with Crippen LogP contribution < -0.4 is 15.4 Å². The van der Waals surface area contributed by atoms with E-state index in [1.165, 1.54) is 0 Å². The van der Waals surface area contributed by atoms with Crippen LogP contribution in [0.3, 0.4) is 0 Å². The van der Waals surface area contributed by atoms with Crippen molar-refractivity contribution in [3.05, 3.63) is 24.3 Å². The van der Waals surface area contributed by atoms with Gasteiger partial charge in [0.15, 0.2) is 5.65 Å². The van der Waals surface area contributed by atoms with E-state index in [-0.39, 0.29) is 12.0 Å². The third-order valence-corrected chi connectivity index (χ3v) is 6.15. The molecule has 10 nitrogen and oxygen atoms in total. The Labute approximate surface area is 185 Å². The number of benzene rings is 1. The maximum absolute atomic E-state index is 12.7. The number of nitrogens with zero attached hydrogens (tertiary/aromatic N) is 6. The van der Waals surface area contributed by atoms with Gasteiger partial charge in [0, 0.05) is 45.4 Å². The van der Waals surface area contributed by atoms with Crippen molar-refractivity contribution < 1.29 is 14.3 Å². The molecule has 10 heteroatoms. The number of ether oxygens (including phenoxy) is 2. The molecule has 2 fully saturated rings. The zero-order chi connectivity index (χ0) is 22.2. The van der Waals surface area contributed by atoms with Gasteiger partial charge in [-0.15, -0.1) is 0 Å². The Hall–Kier alpha value is -3.40. The Morgan fingerprint density at radius 1 is 1.22 bits per heavy atom. The van der Waals surface area contributed by atoms with Gasteiger partial charge in [-0.25, -0.2) is 4.98 Å². The summed E-state index contributed by atoms with van der Waals surface area (Å²) in [5.41, 5.74) is 8.45. The van der Waals surface area contributed by atoms with Crippen molar-refractivity contribution in [2.24, 2.45) is 7.05 Å². The first-order valence-corrected chi connectivity index (χ1v) is 10.8. The number of nitrogens with two attached hydrogens (primary N) is 1. The molecule has 2 saturated heterocycles. The molecule has 2 N–H and O–H groups in total. The average molecular weight is 438 g/mol. The lowest BCUT2D eigenvalue weighted by Gasteiger charge is -2.35. The molecule has 1 atom stereocenters. The number of rotatable bonds is 4. The van der Waals surface area contributed by atoms with Gasteiger partial charge in [-0.1, -0.05) is 12.1 Å². The molecule has 32 heavy (non-hydrogen) atoms. The first kappa shape index (κ1) is 20.5. The fourth-order valence-corrected chi connectivity index (χ4v) is 4.33. The van der Waals surface area contributed by atoms with Gasteiger partial charge < -0.3 is 25.0 Å². The first-order valence-electron chi connectivity index (χ1n) is 10.8. The van der Waals surface area contributed by atoms with Crippen LogP contribution in [0.1, 0.15) is 12.8 Å². The van der Waals surface area contributed by atoms with Crippen molar-refractivity contribution in [1.29, 1.82) is 0 Å². The number of anilines is 2. The number of carbonyl (C=O) groups excluding carboxylic acids is 1. The molecule has 1 aromatic carbocycles. The van der Waals surface area contributed by atoms with Crippen LogP contribution in [0, 0.1) is 0 Å². The van der Waals surface area contributed by atoms with Crippen LogP contribution in [-0.4, -0.2) is 76.6 Å². The van der Waals surface area contributed by atoms with Gasteiger partial charge in [-0.3, -0.25) is 9.48 Å². The molecule has 2 aliphatic heterocycles.